The lowest BCUT2D eigenvalue weighted by molar-refractivity contribution is 0.413. The molecule has 0 spiro atoms. The first-order valence-electron chi connectivity index (χ1n) is 3.97. The SMILES string of the molecule is COc1[c]cc(CCCBr)cc1. The molecule has 0 aliphatic rings. The van der Waals surface area contributed by atoms with E-state index in [2.05, 4.69) is 28.1 Å². The van der Waals surface area contributed by atoms with Gasteiger partial charge in [0.15, 0.2) is 0 Å². The summed E-state index contributed by atoms with van der Waals surface area (Å²) in [5.74, 6) is 0.803. The van der Waals surface area contributed by atoms with Gasteiger partial charge in [-0.3, -0.25) is 0 Å². The summed E-state index contributed by atoms with van der Waals surface area (Å²) < 4.78 is 5.01. The van der Waals surface area contributed by atoms with E-state index in [1.54, 1.807) is 7.11 Å². The van der Waals surface area contributed by atoms with Crippen LogP contribution in [0.4, 0.5) is 0 Å². The first kappa shape index (κ1) is 9.59. The van der Waals surface area contributed by atoms with Crippen molar-refractivity contribution in [1.29, 1.82) is 0 Å². The van der Waals surface area contributed by atoms with Gasteiger partial charge >= 0.3 is 0 Å². The average molecular weight is 228 g/mol. The van der Waals surface area contributed by atoms with Gasteiger partial charge in [-0.05, 0) is 30.5 Å². The van der Waals surface area contributed by atoms with Gasteiger partial charge in [-0.15, -0.1) is 0 Å². The Morgan fingerprint density at radius 3 is 2.83 bits per heavy atom. The van der Waals surface area contributed by atoms with Gasteiger partial charge in [0.1, 0.15) is 5.75 Å². The number of ether oxygens (including phenoxy) is 1. The topological polar surface area (TPSA) is 9.23 Å². The van der Waals surface area contributed by atoms with Crippen LogP contribution in [0.5, 0.6) is 5.75 Å². The minimum Gasteiger partial charge on any atom is -0.496 e. The molecule has 0 heterocycles. The van der Waals surface area contributed by atoms with Gasteiger partial charge in [-0.25, -0.2) is 0 Å². The zero-order chi connectivity index (χ0) is 8.81. The Morgan fingerprint density at radius 1 is 1.50 bits per heavy atom. The predicted molar refractivity (Wildman–Crippen MR) is 53.9 cm³/mol. The summed E-state index contributed by atoms with van der Waals surface area (Å²) in [7, 11) is 1.66. The molecule has 0 saturated carbocycles. The van der Waals surface area contributed by atoms with Crippen LogP contribution in [0.3, 0.4) is 0 Å². The van der Waals surface area contributed by atoms with Crippen LogP contribution >= 0.6 is 15.9 Å². The second-order valence-corrected chi connectivity index (χ2v) is 3.35. The molecule has 12 heavy (non-hydrogen) atoms. The van der Waals surface area contributed by atoms with Crippen molar-refractivity contribution in [2.24, 2.45) is 0 Å². The maximum absolute atomic E-state index is 5.01. The molecule has 65 valence electrons. The van der Waals surface area contributed by atoms with Crippen LogP contribution in [0.15, 0.2) is 18.2 Å². The lowest BCUT2D eigenvalue weighted by Crippen LogP contribution is -1.87. The molecular formula is C10H12BrO. The first-order chi connectivity index (χ1) is 5.86. The van der Waals surface area contributed by atoms with Crippen molar-refractivity contribution in [2.75, 3.05) is 12.4 Å². The van der Waals surface area contributed by atoms with E-state index in [9.17, 15) is 0 Å². The molecule has 0 atom stereocenters. The molecule has 0 aliphatic heterocycles. The number of alkyl halides is 1. The van der Waals surface area contributed by atoms with Crippen LogP contribution in [-0.2, 0) is 6.42 Å². The van der Waals surface area contributed by atoms with Gasteiger partial charge in [-0.2, -0.15) is 0 Å². The molecule has 0 unspecified atom stereocenters. The number of aryl methyl sites for hydroxylation is 1. The van der Waals surface area contributed by atoms with Gasteiger partial charge in [0.25, 0.3) is 0 Å². The summed E-state index contributed by atoms with van der Waals surface area (Å²) in [5.41, 5.74) is 1.32. The van der Waals surface area contributed by atoms with E-state index >= 15 is 0 Å². The summed E-state index contributed by atoms with van der Waals surface area (Å²) in [6.45, 7) is 0. The van der Waals surface area contributed by atoms with E-state index in [4.69, 9.17) is 4.74 Å². The van der Waals surface area contributed by atoms with E-state index in [-0.39, 0.29) is 0 Å². The largest absolute Gasteiger partial charge is 0.496 e. The van der Waals surface area contributed by atoms with Gasteiger partial charge in [0.2, 0.25) is 0 Å². The summed E-state index contributed by atoms with van der Waals surface area (Å²) in [5, 5.41) is 1.05. The fourth-order valence-electron chi connectivity index (χ4n) is 0.996. The second-order valence-electron chi connectivity index (χ2n) is 2.56. The van der Waals surface area contributed by atoms with Crippen LogP contribution in [0.2, 0.25) is 0 Å². The predicted octanol–water partition coefficient (Wildman–Crippen LogP) is 2.82. The van der Waals surface area contributed by atoms with E-state index < -0.39 is 0 Å². The lowest BCUT2D eigenvalue weighted by Gasteiger charge is -2.00. The summed E-state index contributed by atoms with van der Waals surface area (Å²) >= 11 is 3.40. The van der Waals surface area contributed by atoms with Crippen LogP contribution in [0.25, 0.3) is 0 Å². The highest BCUT2D eigenvalue weighted by atomic mass is 79.9. The molecule has 0 bridgehead atoms. The lowest BCUT2D eigenvalue weighted by atomic mass is 10.1. The third-order valence-corrected chi connectivity index (χ3v) is 2.23. The Bertz CT molecular complexity index is 218. The van der Waals surface area contributed by atoms with Crippen molar-refractivity contribution < 1.29 is 4.74 Å². The monoisotopic (exact) mass is 227 g/mol. The van der Waals surface area contributed by atoms with Crippen molar-refractivity contribution in [2.45, 2.75) is 12.8 Å². The van der Waals surface area contributed by atoms with E-state index in [0.717, 1.165) is 17.5 Å². The molecule has 1 aromatic rings. The van der Waals surface area contributed by atoms with Gasteiger partial charge in [0, 0.05) is 11.4 Å². The first-order valence-corrected chi connectivity index (χ1v) is 5.09. The maximum Gasteiger partial charge on any atom is 0.126 e. The van der Waals surface area contributed by atoms with Crippen LogP contribution in [-0.4, -0.2) is 12.4 Å². The molecule has 0 saturated heterocycles. The normalized spacial score (nSPS) is 9.83. The number of rotatable bonds is 4. The Kier molecular flexibility index (Phi) is 4.15. The fourth-order valence-corrected chi connectivity index (χ4v) is 1.28. The van der Waals surface area contributed by atoms with E-state index in [1.165, 1.54) is 12.0 Å². The van der Waals surface area contributed by atoms with Gasteiger partial charge in [0.05, 0.1) is 7.11 Å². The number of hydrogen-bond acceptors (Lipinski definition) is 1. The third-order valence-electron chi connectivity index (χ3n) is 1.67. The van der Waals surface area contributed by atoms with E-state index in [0.29, 0.717) is 0 Å². The molecule has 2 heteroatoms. The van der Waals surface area contributed by atoms with Crippen molar-refractivity contribution in [3.63, 3.8) is 0 Å². The molecule has 1 radical (unpaired) electrons. The van der Waals surface area contributed by atoms with Crippen molar-refractivity contribution in [3.8, 4) is 5.75 Å². The maximum atomic E-state index is 5.01. The Balaban J connectivity index is 2.53. The van der Waals surface area contributed by atoms with E-state index in [1.807, 2.05) is 12.1 Å². The zero-order valence-corrected chi connectivity index (χ0v) is 8.73. The number of hydrogen-bond donors (Lipinski definition) is 0. The van der Waals surface area contributed by atoms with Crippen LogP contribution in [0.1, 0.15) is 12.0 Å². The quantitative estimate of drug-likeness (QED) is 0.720. The Morgan fingerprint density at radius 2 is 2.33 bits per heavy atom. The van der Waals surface area contributed by atoms with Gasteiger partial charge < -0.3 is 4.74 Å². The molecule has 0 amide bonds. The molecule has 1 nitrogen and oxygen atoms in total. The molecule has 1 rings (SSSR count). The highest BCUT2D eigenvalue weighted by Gasteiger charge is 1.93. The average Bonchev–Trinajstić information content (AvgIpc) is 2.15. The highest BCUT2D eigenvalue weighted by molar-refractivity contribution is 9.09. The molecule has 0 aliphatic carbocycles. The molecule has 0 aromatic heterocycles. The summed E-state index contributed by atoms with van der Waals surface area (Å²) in [6.07, 6.45) is 2.27. The molecular weight excluding hydrogens is 216 g/mol. The summed E-state index contributed by atoms with van der Waals surface area (Å²) in [6, 6.07) is 9.07. The fraction of sp³-hybridized carbons (Fsp3) is 0.400. The minimum atomic E-state index is 0.803. The standard InChI is InChI=1S/C10H12BrO/c1-12-10-6-4-9(5-7-10)3-2-8-11/h4-6H,2-3,8H2,1H3. The van der Waals surface area contributed by atoms with Gasteiger partial charge in [-0.1, -0.05) is 22.0 Å². The van der Waals surface area contributed by atoms with Crippen molar-refractivity contribution >= 4 is 15.9 Å². The highest BCUT2D eigenvalue weighted by Crippen LogP contribution is 2.11. The van der Waals surface area contributed by atoms with Crippen LogP contribution < -0.4 is 4.74 Å². The second kappa shape index (κ2) is 5.20. The summed E-state index contributed by atoms with van der Waals surface area (Å²) in [4.78, 5) is 0. The Labute approximate surface area is 81.9 Å². The number of benzene rings is 1. The minimum absolute atomic E-state index is 0.803. The Hall–Kier alpha value is -0.500. The van der Waals surface area contributed by atoms with Crippen molar-refractivity contribution in [3.05, 3.63) is 29.8 Å². The number of methoxy groups -OCH3 is 1. The van der Waals surface area contributed by atoms with Crippen LogP contribution in [0, 0.1) is 6.07 Å². The van der Waals surface area contributed by atoms with Crippen molar-refractivity contribution in [1.82, 2.24) is 0 Å². The molecule has 0 fully saturated rings. The molecule has 0 N–H and O–H groups in total. The smallest absolute Gasteiger partial charge is 0.126 e. The zero-order valence-electron chi connectivity index (χ0n) is 7.14. The number of halogens is 1. The molecule has 1 aromatic carbocycles. The third kappa shape index (κ3) is 2.86.